The summed E-state index contributed by atoms with van der Waals surface area (Å²) in [6.45, 7) is 4.25. The van der Waals surface area contributed by atoms with Gasteiger partial charge in [-0.2, -0.15) is 0 Å². The molecule has 1 atom stereocenters. The van der Waals surface area contributed by atoms with E-state index < -0.39 is 0 Å². The average molecular weight is 255 g/mol. The van der Waals surface area contributed by atoms with Gasteiger partial charge in [-0.3, -0.25) is 10.1 Å². The molecule has 0 bridgehead atoms. The number of nitro groups is 1. The Bertz CT molecular complexity index is 558. The molecule has 1 unspecified atom stereocenters. The maximum Gasteiger partial charge on any atom is 0.269 e. The van der Waals surface area contributed by atoms with Gasteiger partial charge in [0.15, 0.2) is 0 Å². The predicted molar refractivity (Wildman–Crippen MR) is 76.4 cm³/mol. The Balaban J connectivity index is 2.22. The van der Waals surface area contributed by atoms with Crippen LogP contribution in [0.25, 0.3) is 0 Å². The summed E-state index contributed by atoms with van der Waals surface area (Å²) < 4.78 is 0. The molecule has 98 valence electrons. The fraction of sp³-hybridized carbons (Fsp3) is 0.250. The second-order valence-corrected chi connectivity index (χ2v) is 4.67. The lowest BCUT2D eigenvalue weighted by molar-refractivity contribution is -0.384. The first-order valence-electron chi connectivity index (χ1n) is 6.45. The molecule has 0 heterocycles. The molecule has 19 heavy (non-hydrogen) atoms. The van der Waals surface area contributed by atoms with Crippen molar-refractivity contribution in [1.82, 2.24) is 0 Å². The van der Waals surface area contributed by atoms with Gasteiger partial charge < -0.3 is 0 Å². The fourth-order valence-corrected chi connectivity index (χ4v) is 2.12. The molecule has 0 saturated heterocycles. The normalized spacial score (nSPS) is 12.1. The van der Waals surface area contributed by atoms with E-state index >= 15 is 0 Å². The summed E-state index contributed by atoms with van der Waals surface area (Å²) in [5.41, 5.74) is 3.78. The molecule has 0 aromatic heterocycles. The zero-order valence-corrected chi connectivity index (χ0v) is 11.2. The van der Waals surface area contributed by atoms with Gasteiger partial charge in [0.25, 0.3) is 5.69 Å². The predicted octanol–water partition coefficient (Wildman–Crippen LogP) is 4.31. The molecule has 2 rings (SSSR count). The monoisotopic (exact) mass is 255 g/mol. The minimum atomic E-state index is -0.371. The van der Waals surface area contributed by atoms with E-state index in [2.05, 4.69) is 38.1 Å². The van der Waals surface area contributed by atoms with Crippen LogP contribution in [-0.4, -0.2) is 4.92 Å². The van der Waals surface area contributed by atoms with Gasteiger partial charge in [0.1, 0.15) is 0 Å². The fourth-order valence-electron chi connectivity index (χ4n) is 2.12. The lowest BCUT2D eigenvalue weighted by Crippen LogP contribution is -1.97. The van der Waals surface area contributed by atoms with Crippen molar-refractivity contribution in [3.05, 3.63) is 75.3 Å². The van der Waals surface area contributed by atoms with Crippen LogP contribution in [0.4, 0.5) is 5.69 Å². The van der Waals surface area contributed by atoms with Gasteiger partial charge in [0, 0.05) is 18.1 Å². The van der Waals surface area contributed by atoms with E-state index in [-0.39, 0.29) is 16.5 Å². The first-order valence-corrected chi connectivity index (χ1v) is 6.45. The SMILES string of the molecule is CCc1ccc(C(C)c2ccc([N+](=O)[O-])cc2)cc1. The Labute approximate surface area is 113 Å². The molecule has 0 radical (unpaired) electrons. The molecule has 0 saturated carbocycles. The average Bonchev–Trinajstić information content (AvgIpc) is 2.46. The van der Waals surface area contributed by atoms with Crippen molar-refractivity contribution < 1.29 is 4.92 Å². The third-order valence-electron chi connectivity index (χ3n) is 3.49. The Morgan fingerprint density at radius 3 is 1.89 bits per heavy atom. The Morgan fingerprint density at radius 1 is 1.00 bits per heavy atom. The lowest BCUT2D eigenvalue weighted by Gasteiger charge is -2.12. The topological polar surface area (TPSA) is 43.1 Å². The number of hydrogen-bond acceptors (Lipinski definition) is 2. The zero-order chi connectivity index (χ0) is 13.8. The molecular weight excluding hydrogens is 238 g/mol. The van der Waals surface area contributed by atoms with Gasteiger partial charge in [-0.05, 0) is 23.1 Å². The number of nitro benzene ring substituents is 1. The highest BCUT2D eigenvalue weighted by molar-refractivity contribution is 5.38. The van der Waals surface area contributed by atoms with E-state index in [1.165, 1.54) is 11.1 Å². The molecule has 0 aliphatic rings. The van der Waals surface area contributed by atoms with Gasteiger partial charge in [-0.25, -0.2) is 0 Å². The van der Waals surface area contributed by atoms with E-state index in [1.54, 1.807) is 12.1 Å². The number of rotatable bonds is 4. The Morgan fingerprint density at radius 2 is 1.47 bits per heavy atom. The van der Waals surface area contributed by atoms with E-state index in [9.17, 15) is 10.1 Å². The number of aryl methyl sites for hydroxylation is 1. The van der Waals surface area contributed by atoms with Crippen LogP contribution in [0.3, 0.4) is 0 Å². The third kappa shape index (κ3) is 2.99. The maximum absolute atomic E-state index is 10.6. The molecule has 2 aromatic carbocycles. The van der Waals surface area contributed by atoms with Gasteiger partial charge in [-0.1, -0.05) is 50.2 Å². The lowest BCUT2D eigenvalue weighted by atomic mass is 9.92. The van der Waals surface area contributed by atoms with Crippen LogP contribution in [0.2, 0.25) is 0 Å². The summed E-state index contributed by atoms with van der Waals surface area (Å²) in [6.07, 6.45) is 1.03. The van der Waals surface area contributed by atoms with E-state index in [0.717, 1.165) is 12.0 Å². The summed E-state index contributed by atoms with van der Waals surface area (Å²) in [6, 6.07) is 15.3. The molecule has 0 amide bonds. The van der Waals surface area contributed by atoms with Crippen LogP contribution < -0.4 is 0 Å². The third-order valence-corrected chi connectivity index (χ3v) is 3.49. The summed E-state index contributed by atoms with van der Waals surface area (Å²) in [4.78, 5) is 10.3. The molecule has 3 heteroatoms. The summed E-state index contributed by atoms with van der Waals surface area (Å²) in [5.74, 6) is 0.242. The minimum absolute atomic E-state index is 0.136. The zero-order valence-electron chi connectivity index (χ0n) is 11.2. The van der Waals surface area contributed by atoms with Crippen molar-refractivity contribution >= 4 is 5.69 Å². The van der Waals surface area contributed by atoms with Gasteiger partial charge in [-0.15, -0.1) is 0 Å². The smallest absolute Gasteiger partial charge is 0.258 e. The molecule has 0 fully saturated rings. The molecule has 0 spiro atoms. The Kier molecular flexibility index (Phi) is 3.95. The number of hydrogen-bond donors (Lipinski definition) is 0. The largest absolute Gasteiger partial charge is 0.269 e. The number of benzene rings is 2. The van der Waals surface area contributed by atoms with Gasteiger partial charge in [0.05, 0.1) is 4.92 Å². The number of nitrogens with zero attached hydrogens (tertiary/aromatic N) is 1. The molecule has 0 N–H and O–H groups in total. The van der Waals surface area contributed by atoms with Crippen molar-refractivity contribution in [2.75, 3.05) is 0 Å². The van der Waals surface area contributed by atoms with Crippen molar-refractivity contribution in [3.8, 4) is 0 Å². The Hall–Kier alpha value is -2.16. The molecular formula is C16H17NO2. The molecule has 0 aliphatic carbocycles. The standard InChI is InChI=1S/C16H17NO2/c1-3-13-4-6-14(7-5-13)12(2)15-8-10-16(11-9-15)17(18)19/h4-12H,3H2,1-2H3. The molecule has 2 aromatic rings. The van der Waals surface area contributed by atoms with Crippen LogP contribution >= 0.6 is 0 Å². The highest BCUT2D eigenvalue weighted by Gasteiger charge is 2.10. The molecule has 0 aliphatic heterocycles. The minimum Gasteiger partial charge on any atom is -0.258 e. The molecule has 3 nitrogen and oxygen atoms in total. The summed E-state index contributed by atoms with van der Waals surface area (Å²) in [7, 11) is 0. The van der Waals surface area contributed by atoms with Crippen molar-refractivity contribution in [3.63, 3.8) is 0 Å². The van der Waals surface area contributed by atoms with Crippen molar-refractivity contribution in [1.29, 1.82) is 0 Å². The summed E-state index contributed by atoms with van der Waals surface area (Å²) in [5, 5.41) is 10.6. The van der Waals surface area contributed by atoms with Gasteiger partial charge in [0.2, 0.25) is 0 Å². The maximum atomic E-state index is 10.6. The second kappa shape index (κ2) is 5.65. The van der Waals surface area contributed by atoms with E-state index in [0.29, 0.717) is 0 Å². The van der Waals surface area contributed by atoms with Crippen LogP contribution in [-0.2, 0) is 6.42 Å². The van der Waals surface area contributed by atoms with E-state index in [1.807, 2.05) is 12.1 Å². The second-order valence-electron chi connectivity index (χ2n) is 4.67. The first-order chi connectivity index (χ1) is 9.11. The van der Waals surface area contributed by atoms with Crippen LogP contribution in [0.1, 0.15) is 36.5 Å². The van der Waals surface area contributed by atoms with Crippen LogP contribution in [0.15, 0.2) is 48.5 Å². The first kappa shape index (κ1) is 13.3. The van der Waals surface area contributed by atoms with Crippen LogP contribution in [0, 0.1) is 10.1 Å². The van der Waals surface area contributed by atoms with Crippen molar-refractivity contribution in [2.24, 2.45) is 0 Å². The van der Waals surface area contributed by atoms with E-state index in [4.69, 9.17) is 0 Å². The van der Waals surface area contributed by atoms with Gasteiger partial charge >= 0.3 is 0 Å². The quantitative estimate of drug-likeness (QED) is 0.603. The van der Waals surface area contributed by atoms with Crippen molar-refractivity contribution in [2.45, 2.75) is 26.2 Å². The highest BCUT2D eigenvalue weighted by Crippen LogP contribution is 2.26. The number of non-ortho nitro benzene ring substituents is 1. The summed E-state index contributed by atoms with van der Waals surface area (Å²) >= 11 is 0. The van der Waals surface area contributed by atoms with Crippen LogP contribution in [0.5, 0.6) is 0 Å². The highest BCUT2D eigenvalue weighted by atomic mass is 16.6.